The van der Waals surface area contributed by atoms with Crippen molar-refractivity contribution in [3.05, 3.63) is 47.6 Å². The molecule has 0 aliphatic heterocycles. The van der Waals surface area contributed by atoms with Crippen molar-refractivity contribution in [2.45, 2.75) is 43.6 Å². The maximum atomic E-state index is 13.2. The molecule has 1 aliphatic carbocycles. The zero-order chi connectivity index (χ0) is 22.2. The van der Waals surface area contributed by atoms with Crippen LogP contribution in [0.4, 0.5) is 5.95 Å². The lowest BCUT2D eigenvalue weighted by Gasteiger charge is -2.23. The quantitative estimate of drug-likeness (QED) is 0.540. The summed E-state index contributed by atoms with van der Waals surface area (Å²) >= 11 is 5.84. The van der Waals surface area contributed by atoms with E-state index in [1.807, 2.05) is 19.1 Å². The maximum Gasteiger partial charge on any atom is 0.240 e. The fraction of sp³-hybridized carbons (Fsp3) is 0.421. The minimum Gasteiger partial charge on any atom is -0.372 e. The van der Waals surface area contributed by atoms with E-state index in [4.69, 9.17) is 16.3 Å². The van der Waals surface area contributed by atoms with Crippen molar-refractivity contribution in [2.24, 2.45) is 0 Å². The number of anilines is 1. The second-order valence-corrected chi connectivity index (χ2v) is 10.1. The number of rotatable bonds is 8. The van der Waals surface area contributed by atoms with E-state index < -0.39 is 21.4 Å². The van der Waals surface area contributed by atoms with E-state index in [1.54, 1.807) is 16.8 Å². The largest absolute Gasteiger partial charge is 0.372 e. The van der Waals surface area contributed by atoms with Crippen LogP contribution in [-0.2, 0) is 20.3 Å². The standard InChI is InChI=1S/C19H22ClN7O3S/c1-12(15(30-3)16-22-10-13(20)11-23-16)31(28,29)26-18-25-24-17(14-6-4-5-9-21-14)27(18)19(2)7-8-19/h4-6,9-12,15H,7-8H2,1-3H3,(H,25,26)/t12-,15-/m0/s1. The van der Waals surface area contributed by atoms with E-state index in [2.05, 4.69) is 29.9 Å². The van der Waals surface area contributed by atoms with Gasteiger partial charge >= 0.3 is 0 Å². The fourth-order valence-electron chi connectivity index (χ4n) is 3.29. The van der Waals surface area contributed by atoms with Crippen molar-refractivity contribution >= 4 is 27.6 Å². The Kier molecular flexibility index (Phi) is 5.67. The molecule has 0 amide bonds. The van der Waals surface area contributed by atoms with Crippen molar-refractivity contribution < 1.29 is 13.2 Å². The van der Waals surface area contributed by atoms with Crippen LogP contribution in [0.25, 0.3) is 11.5 Å². The number of aromatic nitrogens is 6. The number of nitrogens with one attached hydrogen (secondary N) is 1. The van der Waals surface area contributed by atoms with Crippen LogP contribution < -0.4 is 4.72 Å². The molecular formula is C19H22ClN7O3S. The fourth-order valence-corrected chi connectivity index (χ4v) is 4.51. The van der Waals surface area contributed by atoms with E-state index in [0.717, 1.165) is 12.8 Å². The summed E-state index contributed by atoms with van der Waals surface area (Å²) in [7, 11) is -2.53. The van der Waals surface area contributed by atoms with Crippen LogP contribution in [0.15, 0.2) is 36.8 Å². The van der Waals surface area contributed by atoms with Gasteiger partial charge in [-0.15, -0.1) is 10.2 Å². The van der Waals surface area contributed by atoms with Crippen LogP contribution >= 0.6 is 11.6 Å². The highest BCUT2D eigenvalue weighted by Gasteiger charge is 2.44. The van der Waals surface area contributed by atoms with Gasteiger partial charge in [-0.1, -0.05) is 17.7 Å². The second kappa shape index (κ2) is 8.13. The van der Waals surface area contributed by atoms with Gasteiger partial charge in [-0.05, 0) is 38.8 Å². The lowest BCUT2D eigenvalue weighted by Crippen LogP contribution is -2.34. The predicted octanol–water partition coefficient (Wildman–Crippen LogP) is 2.81. The molecule has 1 fully saturated rings. The van der Waals surface area contributed by atoms with Crippen molar-refractivity contribution in [3.8, 4) is 11.5 Å². The number of pyridine rings is 1. The summed E-state index contributed by atoms with van der Waals surface area (Å²) < 4.78 is 36.2. The molecule has 2 atom stereocenters. The molecular weight excluding hydrogens is 442 g/mol. The van der Waals surface area contributed by atoms with E-state index >= 15 is 0 Å². The molecule has 0 radical (unpaired) electrons. The van der Waals surface area contributed by atoms with E-state index in [0.29, 0.717) is 16.5 Å². The lowest BCUT2D eigenvalue weighted by atomic mass is 10.2. The van der Waals surface area contributed by atoms with Gasteiger partial charge in [0.15, 0.2) is 11.6 Å². The molecule has 164 valence electrons. The molecule has 3 aromatic heterocycles. The van der Waals surface area contributed by atoms with Crippen LogP contribution in [0.2, 0.25) is 5.02 Å². The molecule has 1 N–H and O–H groups in total. The Morgan fingerprint density at radius 1 is 1.19 bits per heavy atom. The highest BCUT2D eigenvalue weighted by Crippen LogP contribution is 2.46. The Balaban J connectivity index is 1.66. The molecule has 0 spiro atoms. The molecule has 1 aliphatic rings. The maximum absolute atomic E-state index is 13.2. The van der Waals surface area contributed by atoms with E-state index in [1.165, 1.54) is 26.4 Å². The molecule has 3 aromatic rings. The summed E-state index contributed by atoms with van der Waals surface area (Å²) in [5.74, 6) is 0.865. The van der Waals surface area contributed by atoms with Gasteiger partial charge in [-0.3, -0.25) is 14.3 Å². The highest BCUT2D eigenvalue weighted by molar-refractivity contribution is 7.93. The number of halogens is 1. The molecule has 12 heteroatoms. The van der Waals surface area contributed by atoms with Crippen LogP contribution in [0.1, 0.15) is 38.6 Å². The highest BCUT2D eigenvalue weighted by atomic mass is 35.5. The number of hydrogen-bond acceptors (Lipinski definition) is 8. The molecule has 4 rings (SSSR count). The smallest absolute Gasteiger partial charge is 0.240 e. The molecule has 31 heavy (non-hydrogen) atoms. The molecule has 0 bridgehead atoms. The summed E-state index contributed by atoms with van der Waals surface area (Å²) in [6.45, 7) is 3.55. The van der Waals surface area contributed by atoms with Gasteiger partial charge in [-0.25, -0.2) is 18.4 Å². The third-order valence-corrected chi connectivity index (χ3v) is 7.26. The summed E-state index contributed by atoms with van der Waals surface area (Å²) in [5.41, 5.74) is 0.336. The second-order valence-electron chi connectivity index (χ2n) is 7.66. The first-order chi connectivity index (χ1) is 14.7. The first-order valence-electron chi connectivity index (χ1n) is 9.64. The summed E-state index contributed by atoms with van der Waals surface area (Å²) in [4.78, 5) is 12.5. The van der Waals surface area contributed by atoms with Gasteiger partial charge in [0.05, 0.1) is 5.02 Å². The molecule has 0 unspecified atom stereocenters. The summed E-state index contributed by atoms with van der Waals surface area (Å²) in [6, 6.07) is 5.46. The van der Waals surface area contributed by atoms with Crippen molar-refractivity contribution in [2.75, 3.05) is 11.8 Å². The van der Waals surface area contributed by atoms with E-state index in [-0.39, 0.29) is 17.3 Å². The number of methoxy groups -OCH3 is 1. The van der Waals surface area contributed by atoms with Gasteiger partial charge < -0.3 is 4.74 Å². The van der Waals surface area contributed by atoms with Gasteiger partial charge in [0.2, 0.25) is 16.0 Å². The van der Waals surface area contributed by atoms with Crippen molar-refractivity contribution in [3.63, 3.8) is 0 Å². The number of nitrogens with zero attached hydrogens (tertiary/aromatic N) is 6. The Labute approximate surface area is 185 Å². The average Bonchev–Trinajstić information content (AvgIpc) is 3.36. The van der Waals surface area contributed by atoms with Crippen LogP contribution in [-0.4, -0.2) is 50.5 Å². The van der Waals surface area contributed by atoms with Crippen molar-refractivity contribution in [1.82, 2.24) is 29.7 Å². The van der Waals surface area contributed by atoms with E-state index in [9.17, 15) is 8.42 Å². The molecule has 1 saturated carbocycles. The molecule has 0 saturated heterocycles. The topological polar surface area (TPSA) is 125 Å². The Morgan fingerprint density at radius 3 is 2.48 bits per heavy atom. The molecule has 0 aromatic carbocycles. The minimum absolute atomic E-state index is 0.138. The first kappa shape index (κ1) is 21.6. The number of sulfonamides is 1. The van der Waals surface area contributed by atoms with Crippen LogP contribution in [0.3, 0.4) is 0 Å². The van der Waals surface area contributed by atoms with Crippen LogP contribution in [0, 0.1) is 0 Å². The third-order valence-electron chi connectivity index (χ3n) is 5.37. The van der Waals surface area contributed by atoms with Gasteiger partial charge in [0.1, 0.15) is 17.0 Å². The first-order valence-corrected chi connectivity index (χ1v) is 11.6. The Morgan fingerprint density at radius 2 is 1.90 bits per heavy atom. The average molecular weight is 464 g/mol. The monoisotopic (exact) mass is 463 g/mol. The molecule has 10 nitrogen and oxygen atoms in total. The number of hydrogen-bond donors (Lipinski definition) is 1. The predicted molar refractivity (Wildman–Crippen MR) is 115 cm³/mol. The van der Waals surface area contributed by atoms with Crippen molar-refractivity contribution in [1.29, 1.82) is 0 Å². The zero-order valence-electron chi connectivity index (χ0n) is 17.2. The summed E-state index contributed by atoms with van der Waals surface area (Å²) in [6.07, 6.45) is 5.31. The van der Waals surface area contributed by atoms with Gasteiger partial charge in [0, 0.05) is 31.2 Å². The molecule has 3 heterocycles. The SMILES string of the molecule is CO[C@H](c1ncc(Cl)cn1)[C@H](C)S(=O)(=O)Nc1nnc(-c2ccccn2)n1C1(C)CC1. The minimum atomic E-state index is -3.94. The Bertz CT molecular complexity index is 1160. The zero-order valence-corrected chi connectivity index (χ0v) is 18.8. The lowest BCUT2D eigenvalue weighted by molar-refractivity contribution is 0.0950. The normalized spacial score (nSPS) is 17.2. The Hall–Kier alpha value is -2.63. The number of ether oxygens (including phenoxy) is 1. The van der Waals surface area contributed by atoms with Crippen LogP contribution in [0.5, 0.6) is 0 Å². The van der Waals surface area contributed by atoms with Gasteiger partial charge in [-0.2, -0.15) is 0 Å². The summed E-state index contributed by atoms with van der Waals surface area (Å²) in [5, 5.41) is 7.68. The van der Waals surface area contributed by atoms with Gasteiger partial charge in [0.25, 0.3) is 0 Å². The third kappa shape index (κ3) is 4.25.